The fraction of sp³-hybridized carbons (Fsp3) is 0.318. The van der Waals surface area contributed by atoms with Gasteiger partial charge in [-0.2, -0.15) is 0 Å². The van der Waals surface area contributed by atoms with Gasteiger partial charge in [0.15, 0.2) is 6.61 Å². The van der Waals surface area contributed by atoms with E-state index < -0.39 is 11.8 Å². The largest absolute Gasteiger partial charge is 0.455 e. The van der Waals surface area contributed by atoms with E-state index in [0.717, 1.165) is 28.1 Å². The summed E-state index contributed by atoms with van der Waals surface area (Å²) in [5.74, 6) is -0.944. The van der Waals surface area contributed by atoms with Crippen molar-refractivity contribution in [1.82, 2.24) is 9.88 Å². The summed E-state index contributed by atoms with van der Waals surface area (Å²) in [6.07, 6.45) is 1.83. The zero-order valence-corrected chi connectivity index (χ0v) is 16.7. The van der Waals surface area contributed by atoms with Crippen LogP contribution < -0.4 is 0 Å². The minimum absolute atomic E-state index is 0.0562. The molecule has 1 saturated heterocycles. The van der Waals surface area contributed by atoms with Gasteiger partial charge in [-0.25, -0.2) is 9.37 Å². The summed E-state index contributed by atoms with van der Waals surface area (Å²) in [6, 6.07) is 13.8. The van der Waals surface area contributed by atoms with Crippen molar-refractivity contribution in [1.29, 1.82) is 0 Å². The van der Waals surface area contributed by atoms with E-state index in [1.54, 1.807) is 28.4 Å². The summed E-state index contributed by atoms with van der Waals surface area (Å²) < 4.78 is 19.5. The van der Waals surface area contributed by atoms with Gasteiger partial charge in [-0.05, 0) is 42.7 Å². The van der Waals surface area contributed by atoms with Crippen LogP contribution in [0.3, 0.4) is 0 Å². The molecule has 1 aliphatic heterocycles. The standard InChI is InChI=1S/C22H21FN2O3S/c23-17-7-3-5-15(11-17)12-21(27)28-14-20(26)25-10-4-6-16(13-25)22-24-18-8-1-2-9-19(18)29-22/h1-3,5,7-9,11,16H,4,6,10,12-14H2/t16-/m0/s1. The van der Waals surface area contributed by atoms with Crippen molar-refractivity contribution < 1.29 is 18.7 Å². The molecule has 2 heterocycles. The molecule has 0 radical (unpaired) electrons. The molecule has 0 saturated carbocycles. The van der Waals surface area contributed by atoms with Crippen molar-refractivity contribution in [3.05, 3.63) is 64.9 Å². The van der Waals surface area contributed by atoms with Gasteiger partial charge in [0.2, 0.25) is 0 Å². The Morgan fingerprint density at radius 1 is 1.21 bits per heavy atom. The molecule has 1 atom stereocenters. The topological polar surface area (TPSA) is 59.5 Å². The van der Waals surface area contributed by atoms with Crippen LogP contribution in [0, 0.1) is 5.82 Å². The molecule has 150 valence electrons. The SMILES string of the molecule is O=C(Cc1cccc(F)c1)OCC(=O)N1CCC[C@H](c2nc3ccccc3s2)C1. The number of para-hydroxylation sites is 1. The maximum atomic E-state index is 13.2. The maximum absolute atomic E-state index is 13.2. The first-order chi connectivity index (χ1) is 14.1. The third kappa shape index (κ3) is 4.79. The Hall–Kier alpha value is -2.80. The fourth-order valence-corrected chi connectivity index (χ4v) is 4.66. The van der Waals surface area contributed by atoms with Crippen LogP contribution in [0.4, 0.5) is 4.39 Å². The van der Waals surface area contributed by atoms with Gasteiger partial charge in [0, 0.05) is 19.0 Å². The number of esters is 1. The van der Waals surface area contributed by atoms with Gasteiger partial charge in [-0.15, -0.1) is 11.3 Å². The van der Waals surface area contributed by atoms with Crippen molar-refractivity contribution in [2.75, 3.05) is 19.7 Å². The Labute approximate surface area is 172 Å². The molecule has 5 nitrogen and oxygen atoms in total. The highest BCUT2D eigenvalue weighted by molar-refractivity contribution is 7.18. The molecule has 0 N–H and O–H groups in total. The Kier molecular flexibility index (Phi) is 5.85. The van der Waals surface area contributed by atoms with Gasteiger partial charge in [-0.3, -0.25) is 9.59 Å². The molecule has 0 bridgehead atoms. The summed E-state index contributed by atoms with van der Waals surface area (Å²) in [6.45, 7) is 0.947. The molecule has 0 unspecified atom stereocenters. The second-order valence-electron chi connectivity index (χ2n) is 7.17. The fourth-order valence-electron chi connectivity index (χ4n) is 3.57. The molecule has 1 aliphatic rings. The first-order valence-corrected chi connectivity index (χ1v) is 10.4. The summed E-state index contributed by atoms with van der Waals surface area (Å²) in [5.41, 5.74) is 1.51. The molecule has 7 heteroatoms. The number of aromatic nitrogens is 1. The second kappa shape index (κ2) is 8.69. The third-order valence-electron chi connectivity index (χ3n) is 5.03. The molecule has 1 aromatic heterocycles. The summed E-state index contributed by atoms with van der Waals surface area (Å²) in [4.78, 5) is 31.0. The van der Waals surface area contributed by atoms with E-state index in [4.69, 9.17) is 9.72 Å². The van der Waals surface area contributed by atoms with E-state index in [2.05, 4.69) is 6.07 Å². The Morgan fingerprint density at radius 2 is 2.07 bits per heavy atom. The first-order valence-electron chi connectivity index (χ1n) is 9.62. The molecule has 1 amide bonds. The van der Waals surface area contributed by atoms with Crippen LogP contribution in [0.2, 0.25) is 0 Å². The summed E-state index contributed by atoms with van der Waals surface area (Å²) in [7, 11) is 0. The molecule has 0 aliphatic carbocycles. The number of nitrogens with zero attached hydrogens (tertiary/aromatic N) is 2. The molecule has 2 aromatic carbocycles. The lowest BCUT2D eigenvalue weighted by atomic mass is 9.99. The van der Waals surface area contributed by atoms with E-state index in [1.807, 2.05) is 18.2 Å². The van der Waals surface area contributed by atoms with Crippen LogP contribution in [0.15, 0.2) is 48.5 Å². The molecule has 4 rings (SSSR count). The number of carbonyl (C=O) groups is 2. The Balaban J connectivity index is 1.32. The lowest BCUT2D eigenvalue weighted by molar-refractivity contribution is -0.152. The van der Waals surface area contributed by atoms with Crippen LogP contribution in [-0.4, -0.2) is 41.5 Å². The van der Waals surface area contributed by atoms with E-state index in [9.17, 15) is 14.0 Å². The average Bonchev–Trinajstić information content (AvgIpc) is 3.16. The highest BCUT2D eigenvalue weighted by Gasteiger charge is 2.27. The maximum Gasteiger partial charge on any atom is 0.310 e. The zero-order chi connectivity index (χ0) is 20.2. The van der Waals surface area contributed by atoms with Gasteiger partial charge in [-0.1, -0.05) is 24.3 Å². The van der Waals surface area contributed by atoms with Crippen molar-refractivity contribution in [3.63, 3.8) is 0 Å². The van der Waals surface area contributed by atoms with Crippen LogP contribution in [0.1, 0.15) is 29.3 Å². The number of amides is 1. The van der Waals surface area contributed by atoms with E-state index in [1.165, 1.54) is 12.1 Å². The van der Waals surface area contributed by atoms with Gasteiger partial charge < -0.3 is 9.64 Å². The number of fused-ring (bicyclic) bond motifs is 1. The minimum atomic E-state index is -0.538. The smallest absolute Gasteiger partial charge is 0.310 e. The lowest BCUT2D eigenvalue weighted by Crippen LogP contribution is -2.41. The zero-order valence-electron chi connectivity index (χ0n) is 15.8. The van der Waals surface area contributed by atoms with Crippen LogP contribution >= 0.6 is 11.3 Å². The number of hydrogen-bond acceptors (Lipinski definition) is 5. The highest BCUT2D eigenvalue weighted by Crippen LogP contribution is 2.32. The molecule has 3 aromatic rings. The van der Waals surface area contributed by atoms with Crippen molar-refractivity contribution >= 4 is 33.4 Å². The van der Waals surface area contributed by atoms with Gasteiger partial charge in [0.05, 0.1) is 21.6 Å². The Bertz CT molecular complexity index is 1000. The summed E-state index contributed by atoms with van der Waals surface area (Å²) >= 11 is 1.67. The number of halogens is 1. The molecule has 1 fully saturated rings. The van der Waals surface area contributed by atoms with Crippen molar-refractivity contribution in [2.45, 2.75) is 25.2 Å². The van der Waals surface area contributed by atoms with Crippen molar-refractivity contribution in [2.24, 2.45) is 0 Å². The third-order valence-corrected chi connectivity index (χ3v) is 6.23. The van der Waals surface area contributed by atoms with E-state index in [-0.39, 0.29) is 24.9 Å². The predicted octanol–water partition coefficient (Wildman–Crippen LogP) is 3.93. The number of ether oxygens (including phenoxy) is 1. The van der Waals surface area contributed by atoms with Gasteiger partial charge >= 0.3 is 5.97 Å². The summed E-state index contributed by atoms with van der Waals surface area (Å²) in [5, 5.41) is 1.05. The van der Waals surface area contributed by atoms with Crippen molar-refractivity contribution in [3.8, 4) is 0 Å². The quantitative estimate of drug-likeness (QED) is 0.596. The number of thiazole rings is 1. The van der Waals surface area contributed by atoms with Crippen LogP contribution in [0.25, 0.3) is 10.2 Å². The van der Waals surface area contributed by atoms with Gasteiger partial charge in [0.1, 0.15) is 5.82 Å². The monoisotopic (exact) mass is 412 g/mol. The highest BCUT2D eigenvalue weighted by atomic mass is 32.1. The first kappa shape index (κ1) is 19.5. The number of hydrogen-bond donors (Lipinski definition) is 0. The Morgan fingerprint density at radius 3 is 2.90 bits per heavy atom. The van der Waals surface area contributed by atoms with Crippen LogP contribution in [0.5, 0.6) is 0 Å². The predicted molar refractivity (Wildman–Crippen MR) is 109 cm³/mol. The van der Waals surface area contributed by atoms with Crippen LogP contribution in [-0.2, 0) is 20.7 Å². The lowest BCUT2D eigenvalue weighted by Gasteiger charge is -2.31. The van der Waals surface area contributed by atoms with E-state index in [0.29, 0.717) is 18.7 Å². The number of likely N-dealkylation sites (tertiary alicyclic amines) is 1. The van der Waals surface area contributed by atoms with E-state index >= 15 is 0 Å². The molecular formula is C22H21FN2O3S. The number of benzene rings is 2. The minimum Gasteiger partial charge on any atom is -0.455 e. The number of rotatable bonds is 5. The number of carbonyl (C=O) groups excluding carboxylic acids is 2. The number of piperidine rings is 1. The molecular weight excluding hydrogens is 391 g/mol. The molecule has 0 spiro atoms. The molecule has 29 heavy (non-hydrogen) atoms. The average molecular weight is 412 g/mol. The second-order valence-corrected chi connectivity index (χ2v) is 8.23. The normalized spacial score (nSPS) is 16.7. The van der Waals surface area contributed by atoms with Gasteiger partial charge in [0.25, 0.3) is 5.91 Å².